The molecular formula is C13H21NOS. The molecule has 1 heterocycles. The Balaban J connectivity index is 1.68. The van der Waals surface area contributed by atoms with Gasteiger partial charge in [-0.25, -0.2) is 0 Å². The number of nitrogens with one attached hydrogen (secondary N) is 1. The normalized spacial score (nSPS) is 27.1. The van der Waals surface area contributed by atoms with E-state index in [0.29, 0.717) is 6.54 Å². The molecule has 3 heteroatoms. The zero-order valence-corrected chi connectivity index (χ0v) is 10.7. The van der Waals surface area contributed by atoms with Gasteiger partial charge < -0.3 is 10.4 Å². The van der Waals surface area contributed by atoms with E-state index in [1.165, 1.54) is 19.3 Å². The number of rotatable bonds is 5. The van der Waals surface area contributed by atoms with Gasteiger partial charge in [0.25, 0.3) is 0 Å². The average Bonchev–Trinajstić information content (AvgIpc) is 2.90. The third kappa shape index (κ3) is 3.06. The maximum atomic E-state index is 9.90. The summed E-state index contributed by atoms with van der Waals surface area (Å²) in [7, 11) is 0. The Hall–Kier alpha value is -0.380. The lowest BCUT2D eigenvalue weighted by atomic mass is 9.98. The van der Waals surface area contributed by atoms with Gasteiger partial charge in [0.05, 0.1) is 0 Å². The summed E-state index contributed by atoms with van der Waals surface area (Å²) in [6, 6.07) is 3.98. The van der Waals surface area contributed by atoms with Gasteiger partial charge in [0.2, 0.25) is 0 Å². The fraction of sp³-hybridized carbons (Fsp3) is 0.692. The van der Waals surface area contributed by atoms with E-state index in [2.05, 4.69) is 12.2 Å². The van der Waals surface area contributed by atoms with Gasteiger partial charge in [-0.15, -0.1) is 11.3 Å². The fourth-order valence-corrected chi connectivity index (χ4v) is 3.22. The zero-order valence-electron chi connectivity index (χ0n) is 9.86. The van der Waals surface area contributed by atoms with E-state index in [9.17, 15) is 5.11 Å². The van der Waals surface area contributed by atoms with Gasteiger partial charge in [-0.05, 0) is 36.2 Å². The van der Waals surface area contributed by atoms with Crippen molar-refractivity contribution in [3.63, 3.8) is 0 Å². The molecule has 90 valence electrons. The maximum absolute atomic E-state index is 9.90. The highest BCUT2D eigenvalue weighted by Crippen LogP contribution is 2.30. The van der Waals surface area contributed by atoms with Crippen molar-refractivity contribution in [2.75, 3.05) is 13.1 Å². The molecule has 2 rings (SSSR count). The van der Waals surface area contributed by atoms with Gasteiger partial charge in [0, 0.05) is 11.4 Å². The van der Waals surface area contributed by atoms with Crippen LogP contribution in [0, 0.1) is 11.8 Å². The van der Waals surface area contributed by atoms with Crippen LogP contribution in [0.15, 0.2) is 17.5 Å². The van der Waals surface area contributed by atoms with Crippen molar-refractivity contribution in [3.05, 3.63) is 22.4 Å². The summed E-state index contributed by atoms with van der Waals surface area (Å²) < 4.78 is 0. The summed E-state index contributed by atoms with van der Waals surface area (Å²) in [5.74, 6) is 1.67. The van der Waals surface area contributed by atoms with Crippen molar-refractivity contribution in [1.29, 1.82) is 0 Å². The molecule has 0 spiro atoms. The standard InChI is InChI=1S/C13H21NOS/c1-10-4-2-5-11(10)8-14-9-12(15)13-6-3-7-16-13/h3,6-7,10-12,14-15H,2,4-5,8-9H2,1H3. The van der Waals surface area contributed by atoms with E-state index in [-0.39, 0.29) is 6.10 Å². The molecule has 1 aliphatic rings. The van der Waals surface area contributed by atoms with E-state index < -0.39 is 0 Å². The van der Waals surface area contributed by atoms with Crippen LogP contribution >= 0.6 is 11.3 Å². The maximum Gasteiger partial charge on any atom is 0.101 e. The first-order chi connectivity index (χ1) is 7.77. The lowest BCUT2D eigenvalue weighted by molar-refractivity contribution is 0.175. The Morgan fingerprint density at radius 3 is 3.06 bits per heavy atom. The molecule has 2 N–H and O–H groups in total. The molecule has 0 radical (unpaired) electrons. The largest absolute Gasteiger partial charge is 0.386 e. The van der Waals surface area contributed by atoms with Crippen LogP contribution < -0.4 is 5.32 Å². The quantitative estimate of drug-likeness (QED) is 0.828. The minimum atomic E-state index is -0.336. The lowest BCUT2D eigenvalue weighted by Crippen LogP contribution is -2.28. The summed E-state index contributed by atoms with van der Waals surface area (Å²) in [5.41, 5.74) is 0. The van der Waals surface area contributed by atoms with E-state index >= 15 is 0 Å². The van der Waals surface area contributed by atoms with Gasteiger partial charge in [-0.2, -0.15) is 0 Å². The van der Waals surface area contributed by atoms with Crippen LogP contribution in [0.5, 0.6) is 0 Å². The molecule has 0 bridgehead atoms. The van der Waals surface area contributed by atoms with Crippen LogP contribution in [0.4, 0.5) is 0 Å². The van der Waals surface area contributed by atoms with Crippen molar-refractivity contribution in [1.82, 2.24) is 5.32 Å². The van der Waals surface area contributed by atoms with Crippen LogP contribution in [-0.4, -0.2) is 18.2 Å². The molecule has 0 aromatic carbocycles. The lowest BCUT2D eigenvalue weighted by Gasteiger charge is -2.17. The summed E-state index contributed by atoms with van der Waals surface area (Å²) in [4.78, 5) is 1.06. The number of thiophene rings is 1. The predicted octanol–water partition coefficient (Wildman–Crippen LogP) is 2.81. The molecule has 3 unspecified atom stereocenters. The second kappa shape index (κ2) is 5.80. The van der Waals surface area contributed by atoms with E-state index in [4.69, 9.17) is 0 Å². The number of aliphatic hydroxyl groups excluding tert-OH is 1. The SMILES string of the molecule is CC1CCCC1CNCC(O)c1cccs1. The van der Waals surface area contributed by atoms with Gasteiger partial charge >= 0.3 is 0 Å². The predicted molar refractivity (Wildman–Crippen MR) is 68.7 cm³/mol. The molecule has 1 aromatic rings. The number of hydrogen-bond donors (Lipinski definition) is 2. The molecule has 1 aliphatic carbocycles. The molecule has 1 fully saturated rings. The molecule has 2 nitrogen and oxygen atoms in total. The second-order valence-electron chi connectivity index (χ2n) is 4.86. The molecule has 16 heavy (non-hydrogen) atoms. The van der Waals surface area contributed by atoms with Crippen molar-refractivity contribution in [3.8, 4) is 0 Å². The molecule has 0 aliphatic heterocycles. The topological polar surface area (TPSA) is 32.3 Å². The molecule has 1 saturated carbocycles. The highest BCUT2D eigenvalue weighted by molar-refractivity contribution is 7.10. The summed E-state index contributed by atoms with van der Waals surface area (Å²) in [5, 5.41) is 15.3. The zero-order chi connectivity index (χ0) is 11.4. The first-order valence-corrected chi connectivity index (χ1v) is 7.07. The summed E-state index contributed by atoms with van der Waals surface area (Å²) >= 11 is 1.62. The number of hydrogen-bond acceptors (Lipinski definition) is 3. The van der Waals surface area contributed by atoms with Crippen molar-refractivity contribution in [2.24, 2.45) is 11.8 Å². The smallest absolute Gasteiger partial charge is 0.101 e. The first kappa shape index (κ1) is 12.1. The van der Waals surface area contributed by atoms with Gasteiger partial charge in [0.15, 0.2) is 0 Å². The van der Waals surface area contributed by atoms with Crippen molar-refractivity contribution < 1.29 is 5.11 Å². The minimum Gasteiger partial charge on any atom is -0.386 e. The summed E-state index contributed by atoms with van der Waals surface area (Å²) in [6.07, 6.45) is 3.76. The Morgan fingerprint density at radius 2 is 2.44 bits per heavy atom. The van der Waals surface area contributed by atoms with Crippen molar-refractivity contribution >= 4 is 11.3 Å². The Kier molecular flexibility index (Phi) is 4.38. The van der Waals surface area contributed by atoms with E-state index in [1.54, 1.807) is 11.3 Å². The second-order valence-corrected chi connectivity index (χ2v) is 5.84. The fourth-order valence-electron chi connectivity index (χ4n) is 2.51. The molecule has 0 amide bonds. The minimum absolute atomic E-state index is 0.336. The van der Waals surface area contributed by atoms with Crippen molar-refractivity contribution in [2.45, 2.75) is 32.3 Å². The van der Waals surface area contributed by atoms with E-state index in [1.807, 2.05) is 17.5 Å². The molecule has 3 atom stereocenters. The van der Waals surface area contributed by atoms with E-state index in [0.717, 1.165) is 23.3 Å². The molecule has 0 saturated heterocycles. The Bertz CT molecular complexity index is 299. The average molecular weight is 239 g/mol. The van der Waals surface area contributed by atoms with Gasteiger partial charge in [-0.1, -0.05) is 25.8 Å². The Morgan fingerprint density at radius 1 is 1.56 bits per heavy atom. The highest BCUT2D eigenvalue weighted by Gasteiger charge is 2.22. The first-order valence-electron chi connectivity index (χ1n) is 6.19. The van der Waals surface area contributed by atoms with Gasteiger partial charge in [-0.3, -0.25) is 0 Å². The highest BCUT2D eigenvalue weighted by atomic mass is 32.1. The third-order valence-corrected chi connectivity index (χ3v) is 4.63. The van der Waals surface area contributed by atoms with Crippen LogP contribution in [-0.2, 0) is 0 Å². The number of aliphatic hydroxyl groups is 1. The van der Waals surface area contributed by atoms with Crippen LogP contribution in [0.25, 0.3) is 0 Å². The molecular weight excluding hydrogens is 218 g/mol. The summed E-state index contributed by atoms with van der Waals surface area (Å²) in [6.45, 7) is 4.09. The monoisotopic (exact) mass is 239 g/mol. The Labute approximate surface area is 102 Å². The van der Waals surface area contributed by atoms with Crippen LogP contribution in [0.1, 0.15) is 37.2 Å². The van der Waals surface area contributed by atoms with Crippen LogP contribution in [0.2, 0.25) is 0 Å². The van der Waals surface area contributed by atoms with Gasteiger partial charge in [0.1, 0.15) is 6.10 Å². The van der Waals surface area contributed by atoms with Crippen LogP contribution in [0.3, 0.4) is 0 Å². The molecule has 1 aromatic heterocycles. The third-order valence-electron chi connectivity index (χ3n) is 3.65.